The van der Waals surface area contributed by atoms with Gasteiger partial charge >= 0.3 is 5.97 Å². The van der Waals surface area contributed by atoms with E-state index in [4.69, 9.17) is 4.74 Å². The summed E-state index contributed by atoms with van der Waals surface area (Å²) in [5.74, 6) is -1.36. The van der Waals surface area contributed by atoms with Crippen LogP contribution in [-0.4, -0.2) is 41.0 Å². The summed E-state index contributed by atoms with van der Waals surface area (Å²) in [5.41, 5.74) is -0.749. The number of aliphatic carboxylic acids is 1. The van der Waals surface area contributed by atoms with E-state index in [-0.39, 0.29) is 18.7 Å². The van der Waals surface area contributed by atoms with E-state index < -0.39 is 11.5 Å². The molecular formula is C16H21NO4S. The number of hydrogen-bond donors (Lipinski definition) is 2. The van der Waals surface area contributed by atoms with Gasteiger partial charge < -0.3 is 15.2 Å². The van der Waals surface area contributed by atoms with Crippen LogP contribution >= 0.6 is 11.8 Å². The minimum atomic E-state index is -1.22. The number of hydrogen-bond acceptors (Lipinski definition) is 4. The number of benzene rings is 1. The number of amides is 1. The first-order valence-electron chi connectivity index (χ1n) is 7.33. The average molecular weight is 323 g/mol. The number of nitrogens with one attached hydrogen (secondary N) is 1. The zero-order valence-corrected chi connectivity index (χ0v) is 13.6. The third-order valence-corrected chi connectivity index (χ3v) is 4.61. The highest BCUT2D eigenvalue weighted by Crippen LogP contribution is 2.24. The van der Waals surface area contributed by atoms with Crippen LogP contribution in [0.15, 0.2) is 29.2 Å². The van der Waals surface area contributed by atoms with Crippen LogP contribution < -0.4 is 5.32 Å². The van der Waals surface area contributed by atoms with Gasteiger partial charge in [-0.3, -0.25) is 4.79 Å². The summed E-state index contributed by atoms with van der Waals surface area (Å²) in [6, 6.07) is 7.23. The molecule has 1 aliphatic heterocycles. The first-order valence-corrected chi connectivity index (χ1v) is 8.21. The van der Waals surface area contributed by atoms with Gasteiger partial charge in [-0.2, -0.15) is 0 Å². The van der Waals surface area contributed by atoms with Crippen LogP contribution in [0.4, 0.5) is 0 Å². The van der Waals surface area contributed by atoms with Crippen molar-refractivity contribution in [2.45, 2.75) is 42.4 Å². The number of thioether (sulfide) groups is 1. The molecule has 0 atom stereocenters. The van der Waals surface area contributed by atoms with Crippen LogP contribution in [0.1, 0.15) is 37.0 Å². The Balaban J connectivity index is 2.08. The molecule has 1 fully saturated rings. The molecule has 1 amide bonds. The van der Waals surface area contributed by atoms with Crippen molar-refractivity contribution in [2.75, 3.05) is 13.2 Å². The molecule has 2 N–H and O–H groups in total. The molecule has 1 saturated heterocycles. The maximum Gasteiger partial charge on any atom is 0.329 e. The predicted molar refractivity (Wildman–Crippen MR) is 85.3 cm³/mol. The van der Waals surface area contributed by atoms with Gasteiger partial charge in [-0.05, 0) is 24.3 Å². The summed E-state index contributed by atoms with van der Waals surface area (Å²) in [5, 5.41) is 12.6. The van der Waals surface area contributed by atoms with Crippen LogP contribution in [0.3, 0.4) is 0 Å². The molecule has 6 heteroatoms. The van der Waals surface area contributed by atoms with Gasteiger partial charge in [-0.25, -0.2) is 4.79 Å². The second-order valence-electron chi connectivity index (χ2n) is 5.64. The Morgan fingerprint density at radius 2 is 1.82 bits per heavy atom. The van der Waals surface area contributed by atoms with E-state index in [2.05, 4.69) is 19.2 Å². The van der Waals surface area contributed by atoms with Gasteiger partial charge in [-0.1, -0.05) is 13.8 Å². The van der Waals surface area contributed by atoms with Crippen molar-refractivity contribution in [3.63, 3.8) is 0 Å². The minimum Gasteiger partial charge on any atom is -0.480 e. The van der Waals surface area contributed by atoms with E-state index in [1.165, 1.54) is 0 Å². The lowest BCUT2D eigenvalue weighted by Gasteiger charge is -2.33. The molecule has 120 valence electrons. The normalized spacial score (nSPS) is 17.2. The largest absolute Gasteiger partial charge is 0.480 e. The van der Waals surface area contributed by atoms with Gasteiger partial charge in [0, 0.05) is 41.8 Å². The summed E-state index contributed by atoms with van der Waals surface area (Å²) < 4.78 is 5.20. The monoisotopic (exact) mass is 323 g/mol. The number of carbonyl (C=O) groups is 2. The molecule has 2 rings (SSSR count). The topological polar surface area (TPSA) is 75.6 Å². The van der Waals surface area contributed by atoms with Crippen LogP contribution in [-0.2, 0) is 9.53 Å². The molecule has 0 spiro atoms. The highest BCUT2D eigenvalue weighted by atomic mass is 32.2. The lowest BCUT2D eigenvalue weighted by Crippen LogP contribution is -2.57. The molecule has 0 bridgehead atoms. The van der Waals surface area contributed by atoms with Crippen molar-refractivity contribution in [3.8, 4) is 0 Å². The predicted octanol–water partition coefficient (Wildman–Crippen LogP) is 2.55. The van der Waals surface area contributed by atoms with Gasteiger partial charge in [0.1, 0.15) is 5.54 Å². The van der Waals surface area contributed by atoms with Crippen LogP contribution in [0, 0.1) is 0 Å². The van der Waals surface area contributed by atoms with Crippen LogP contribution in [0.2, 0.25) is 0 Å². The van der Waals surface area contributed by atoms with Crippen molar-refractivity contribution in [3.05, 3.63) is 29.8 Å². The van der Waals surface area contributed by atoms with E-state index in [0.29, 0.717) is 24.0 Å². The molecular weight excluding hydrogens is 302 g/mol. The van der Waals surface area contributed by atoms with Crippen molar-refractivity contribution >= 4 is 23.6 Å². The Hall–Kier alpha value is -1.53. The zero-order valence-electron chi connectivity index (χ0n) is 12.8. The first kappa shape index (κ1) is 16.8. The molecule has 0 aliphatic carbocycles. The molecule has 0 unspecified atom stereocenters. The fourth-order valence-electron chi connectivity index (χ4n) is 2.36. The lowest BCUT2D eigenvalue weighted by molar-refractivity contribution is -0.148. The number of carbonyl (C=O) groups excluding carboxylic acids is 1. The fourth-order valence-corrected chi connectivity index (χ4v) is 3.20. The summed E-state index contributed by atoms with van der Waals surface area (Å²) in [4.78, 5) is 25.0. The molecule has 1 aromatic carbocycles. The number of carboxylic acid groups (broad SMARTS) is 1. The molecule has 0 aromatic heterocycles. The zero-order chi connectivity index (χ0) is 16.2. The molecule has 0 radical (unpaired) electrons. The smallest absolute Gasteiger partial charge is 0.329 e. The molecule has 0 saturated carbocycles. The maximum atomic E-state index is 12.3. The van der Waals surface area contributed by atoms with E-state index in [1.807, 2.05) is 12.1 Å². The Labute approximate surface area is 134 Å². The third-order valence-electron chi connectivity index (χ3n) is 3.60. The molecule has 1 aliphatic rings. The maximum absolute atomic E-state index is 12.3. The third kappa shape index (κ3) is 4.01. The Kier molecular flexibility index (Phi) is 5.47. The van der Waals surface area contributed by atoms with Crippen molar-refractivity contribution in [2.24, 2.45) is 0 Å². The van der Waals surface area contributed by atoms with Gasteiger partial charge in [-0.15, -0.1) is 11.8 Å². The van der Waals surface area contributed by atoms with E-state index in [1.54, 1.807) is 23.9 Å². The van der Waals surface area contributed by atoms with Gasteiger partial charge in [0.25, 0.3) is 5.91 Å². The van der Waals surface area contributed by atoms with Crippen LogP contribution in [0.5, 0.6) is 0 Å². The Morgan fingerprint density at radius 1 is 1.23 bits per heavy atom. The summed E-state index contributed by atoms with van der Waals surface area (Å²) >= 11 is 1.72. The SMILES string of the molecule is CC(C)Sc1ccc(C(=O)NC2(C(=O)O)CCOCC2)cc1. The molecule has 1 aromatic rings. The first-order chi connectivity index (χ1) is 10.4. The standard InChI is InChI=1S/C16H21NO4S/c1-11(2)22-13-5-3-12(4-6-13)14(18)17-16(15(19)20)7-9-21-10-8-16/h3-6,11H,7-10H2,1-2H3,(H,17,18)(H,19,20). The Bertz CT molecular complexity index is 536. The highest BCUT2D eigenvalue weighted by Gasteiger charge is 2.41. The average Bonchev–Trinajstić information content (AvgIpc) is 2.48. The molecule has 5 nitrogen and oxygen atoms in total. The number of ether oxygens (including phenoxy) is 1. The van der Waals surface area contributed by atoms with Gasteiger partial charge in [0.05, 0.1) is 0 Å². The summed E-state index contributed by atoms with van der Waals surface area (Å²) in [7, 11) is 0. The quantitative estimate of drug-likeness (QED) is 0.815. The minimum absolute atomic E-state index is 0.287. The lowest BCUT2D eigenvalue weighted by atomic mass is 9.89. The molecule has 1 heterocycles. The van der Waals surface area contributed by atoms with E-state index in [9.17, 15) is 14.7 Å². The number of carboxylic acids is 1. The van der Waals surface area contributed by atoms with Crippen molar-refractivity contribution in [1.29, 1.82) is 0 Å². The second kappa shape index (κ2) is 7.15. The fraction of sp³-hybridized carbons (Fsp3) is 0.500. The summed E-state index contributed by atoms with van der Waals surface area (Å²) in [6.07, 6.45) is 0.574. The van der Waals surface area contributed by atoms with Gasteiger partial charge in [0.2, 0.25) is 0 Å². The van der Waals surface area contributed by atoms with Crippen molar-refractivity contribution < 1.29 is 19.4 Å². The van der Waals surface area contributed by atoms with Crippen molar-refractivity contribution in [1.82, 2.24) is 5.32 Å². The highest BCUT2D eigenvalue weighted by molar-refractivity contribution is 7.99. The summed E-state index contributed by atoms with van der Waals surface area (Å²) in [6.45, 7) is 4.90. The number of rotatable bonds is 5. The van der Waals surface area contributed by atoms with Crippen LogP contribution in [0.25, 0.3) is 0 Å². The van der Waals surface area contributed by atoms with E-state index >= 15 is 0 Å². The second-order valence-corrected chi connectivity index (χ2v) is 7.29. The van der Waals surface area contributed by atoms with E-state index in [0.717, 1.165) is 4.90 Å². The Morgan fingerprint density at radius 3 is 2.32 bits per heavy atom. The molecule has 22 heavy (non-hydrogen) atoms. The van der Waals surface area contributed by atoms with Gasteiger partial charge in [0.15, 0.2) is 0 Å².